The van der Waals surface area contributed by atoms with E-state index >= 15 is 0 Å². The smallest absolute Gasteiger partial charge is 0.143 e. The second-order valence-electron chi connectivity index (χ2n) is 11.6. The van der Waals surface area contributed by atoms with E-state index in [1.807, 2.05) is 0 Å². The Balaban J connectivity index is 1.35. The molecule has 45 heavy (non-hydrogen) atoms. The maximum Gasteiger partial charge on any atom is 0.143 e. The number of furan rings is 1. The molecule has 0 aliphatic heterocycles. The van der Waals surface area contributed by atoms with E-state index in [2.05, 4.69) is 170 Å². The maximum atomic E-state index is 6.73. The van der Waals surface area contributed by atoms with Crippen molar-refractivity contribution in [2.75, 3.05) is 0 Å². The van der Waals surface area contributed by atoms with Crippen LogP contribution in [-0.4, -0.2) is 0 Å². The van der Waals surface area contributed by atoms with E-state index in [0.29, 0.717) is 0 Å². The molecule has 210 valence electrons. The van der Waals surface area contributed by atoms with E-state index in [1.54, 1.807) is 0 Å². The lowest BCUT2D eigenvalue weighted by Gasteiger charge is -2.18. The molecule has 0 fully saturated rings. The summed E-state index contributed by atoms with van der Waals surface area (Å²) < 4.78 is 6.73. The van der Waals surface area contributed by atoms with Gasteiger partial charge in [0.1, 0.15) is 11.2 Å². The average molecular weight is 573 g/mol. The zero-order valence-electron chi connectivity index (χ0n) is 24.6. The molecule has 1 heteroatoms. The van der Waals surface area contributed by atoms with Crippen LogP contribution in [0.5, 0.6) is 0 Å². The molecule has 0 amide bonds. The predicted octanol–water partition coefficient (Wildman–Crippen LogP) is 12.6. The number of hydrogen-bond acceptors (Lipinski definition) is 1. The molecule has 0 bridgehead atoms. The summed E-state index contributed by atoms with van der Waals surface area (Å²) in [5, 5.41) is 7.25. The second kappa shape index (κ2) is 10.4. The first-order chi connectivity index (χ1) is 22.3. The molecular weight excluding hydrogens is 544 g/mol. The standard InChI is InChI=1S/C44H28O/c1-3-13-29(14-4-1)30-23-25-31(26-24-30)33-27-28-39(43-38-21-11-12-22-40(38)45-44(33)43)42-36-19-9-7-17-34(36)41(32-15-5-2-6-16-32)35-18-8-10-20-37(35)42/h1-28H. The second-order valence-corrected chi connectivity index (χ2v) is 11.6. The molecule has 9 rings (SSSR count). The molecule has 0 N–H and O–H groups in total. The number of benzene rings is 8. The fourth-order valence-corrected chi connectivity index (χ4v) is 7.07. The van der Waals surface area contributed by atoms with Crippen molar-refractivity contribution in [1.29, 1.82) is 0 Å². The molecule has 8 aromatic carbocycles. The lowest BCUT2D eigenvalue weighted by molar-refractivity contribution is 0.670. The highest BCUT2D eigenvalue weighted by Crippen LogP contribution is 2.48. The molecule has 0 saturated heterocycles. The molecule has 0 spiro atoms. The zero-order chi connectivity index (χ0) is 29.7. The van der Waals surface area contributed by atoms with Gasteiger partial charge in [0.25, 0.3) is 0 Å². The van der Waals surface area contributed by atoms with Crippen LogP contribution in [0.1, 0.15) is 0 Å². The van der Waals surface area contributed by atoms with E-state index < -0.39 is 0 Å². The summed E-state index contributed by atoms with van der Waals surface area (Å²) in [6.07, 6.45) is 0. The van der Waals surface area contributed by atoms with Crippen LogP contribution in [0.2, 0.25) is 0 Å². The summed E-state index contributed by atoms with van der Waals surface area (Å²) in [6, 6.07) is 60.8. The molecule has 9 aromatic rings. The average Bonchev–Trinajstić information content (AvgIpc) is 3.51. The highest BCUT2D eigenvalue weighted by atomic mass is 16.3. The van der Waals surface area contributed by atoms with Crippen molar-refractivity contribution in [2.45, 2.75) is 0 Å². The minimum absolute atomic E-state index is 0.900. The first-order valence-corrected chi connectivity index (χ1v) is 15.4. The van der Waals surface area contributed by atoms with Crippen LogP contribution in [0.3, 0.4) is 0 Å². The number of para-hydroxylation sites is 1. The lowest BCUT2D eigenvalue weighted by atomic mass is 9.84. The van der Waals surface area contributed by atoms with Gasteiger partial charge in [-0.25, -0.2) is 0 Å². The van der Waals surface area contributed by atoms with E-state index in [9.17, 15) is 0 Å². The largest absolute Gasteiger partial charge is 0.455 e. The first kappa shape index (κ1) is 25.6. The van der Waals surface area contributed by atoms with Gasteiger partial charge in [-0.3, -0.25) is 0 Å². The Bertz CT molecular complexity index is 2450. The van der Waals surface area contributed by atoms with Crippen LogP contribution in [-0.2, 0) is 0 Å². The molecule has 1 aromatic heterocycles. The predicted molar refractivity (Wildman–Crippen MR) is 190 cm³/mol. The monoisotopic (exact) mass is 572 g/mol. The molecule has 0 radical (unpaired) electrons. The molecule has 1 heterocycles. The molecule has 0 atom stereocenters. The van der Waals surface area contributed by atoms with Crippen molar-refractivity contribution in [3.63, 3.8) is 0 Å². The minimum Gasteiger partial charge on any atom is -0.455 e. The lowest BCUT2D eigenvalue weighted by Crippen LogP contribution is -1.91. The summed E-state index contributed by atoms with van der Waals surface area (Å²) in [4.78, 5) is 0. The SMILES string of the molecule is c1ccc(-c2ccc(-c3ccc(-c4c5ccccc5c(-c5ccccc5)c5ccccc45)c4c3oc3ccccc34)cc2)cc1. The van der Waals surface area contributed by atoms with Crippen LogP contribution in [0, 0.1) is 0 Å². The molecule has 0 unspecified atom stereocenters. The van der Waals surface area contributed by atoms with Crippen molar-refractivity contribution >= 4 is 43.5 Å². The third-order valence-electron chi connectivity index (χ3n) is 9.09. The van der Waals surface area contributed by atoms with Crippen molar-refractivity contribution < 1.29 is 4.42 Å². The Labute approximate surface area is 261 Å². The highest BCUT2D eigenvalue weighted by molar-refractivity contribution is 6.26. The first-order valence-electron chi connectivity index (χ1n) is 15.4. The van der Waals surface area contributed by atoms with Crippen LogP contribution in [0.4, 0.5) is 0 Å². The quantitative estimate of drug-likeness (QED) is 0.191. The summed E-state index contributed by atoms with van der Waals surface area (Å²) in [5.41, 5.74) is 11.4. The van der Waals surface area contributed by atoms with Crippen LogP contribution in [0.15, 0.2) is 174 Å². The van der Waals surface area contributed by atoms with Crippen molar-refractivity contribution in [2.24, 2.45) is 0 Å². The van der Waals surface area contributed by atoms with Crippen molar-refractivity contribution in [3.05, 3.63) is 170 Å². The van der Waals surface area contributed by atoms with Gasteiger partial charge >= 0.3 is 0 Å². The van der Waals surface area contributed by atoms with Gasteiger partial charge in [-0.2, -0.15) is 0 Å². The third-order valence-corrected chi connectivity index (χ3v) is 9.09. The summed E-state index contributed by atoms with van der Waals surface area (Å²) in [7, 11) is 0. The molecule has 0 saturated carbocycles. The Kier molecular flexibility index (Phi) is 5.89. The van der Waals surface area contributed by atoms with Crippen molar-refractivity contribution in [1.82, 2.24) is 0 Å². The van der Waals surface area contributed by atoms with E-state index in [1.165, 1.54) is 54.9 Å². The Hall–Kier alpha value is -5.92. The van der Waals surface area contributed by atoms with Gasteiger partial charge in [-0.1, -0.05) is 158 Å². The normalized spacial score (nSPS) is 11.6. The molecular formula is C44H28O. The van der Waals surface area contributed by atoms with E-state index in [4.69, 9.17) is 4.42 Å². The summed E-state index contributed by atoms with van der Waals surface area (Å²) >= 11 is 0. The van der Waals surface area contributed by atoms with Gasteiger partial charge < -0.3 is 4.42 Å². The maximum absolute atomic E-state index is 6.73. The van der Waals surface area contributed by atoms with Gasteiger partial charge in [0, 0.05) is 16.3 Å². The minimum atomic E-state index is 0.900. The van der Waals surface area contributed by atoms with Crippen molar-refractivity contribution in [3.8, 4) is 44.5 Å². The Morgan fingerprint density at radius 3 is 1.36 bits per heavy atom. The van der Waals surface area contributed by atoms with Gasteiger partial charge in [-0.15, -0.1) is 0 Å². The topological polar surface area (TPSA) is 13.1 Å². The fraction of sp³-hybridized carbons (Fsp3) is 0. The van der Waals surface area contributed by atoms with Crippen LogP contribution < -0.4 is 0 Å². The Morgan fingerprint density at radius 1 is 0.289 bits per heavy atom. The summed E-state index contributed by atoms with van der Waals surface area (Å²) in [5.74, 6) is 0. The third kappa shape index (κ3) is 4.09. The molecule has 0 aliphatic carbocycles. The van der Waals surface area contributed by atoms with Crippen LogP contribution in [0.25, 0.3) is 88.0 Å². The fourth-order valence-electron chi connectivity index (χ4n) is 7.07. The van der Waals surface area contributed by atoms with Crippen LogP contribution >= 0.6 is 0 Å². The van der Waals surface area contributed by atoms with Gasteiger partial charge in [0.2, 0.25) is 0 Å². The molecule has 0 aliphatic rings. The highest BCUT2D eigenvalue weighted by Gasteiger charge is 2.22. The Morgan fingerprint density at radius 2 is 0.733 bits per heavy atom. The number of rotatable bonds is 4. The van der Waals surface area contributed by atoms with Gasteiger partial charge in [0.15, 0.2) is 0 Å². The number of hydrogen-bond donors (Lipinski definition) is 0. The molecule has 1 nitrogen and oxygen atoms in total. The van der Waals surface area contributed by atoms with E-state index in [-0.39, 0.29) is 0 Å². The van der Waals surface area contributed by atoms with Gasteiger partial charge in [0.05, 0.1) is 0 Å². The van der Waals surface area contributed by atoms with E-state index in [0.717, 1.165) is 33.1 Å². The summed E-state index contributed by atoms with van der Waals surface area (Å²) in [6.45, 7) is 0. The number of fused-ring (bicyclic) bond motifs is 5. The zero-order valence-corrected chi connectivity index (χ0v) is 24.6. The van der Waals surface area contributed by atoms with Gasteiger partial charge in [-0.05, 0) is 72.6 Å².